The van der Waals surface area contributed by atoms with E-state index in [9.17, 15) is 0 Å². The number of piperazine rings is 1. The van der Waals surface area contributed by atoms with Crippen LogP contribution in [0.1, 0.15) is 0 Å². The summed E-state index contributed by atoms with van der Waals surface area (Å²) >= 11 is 6.39. The molecule has 0 spiro atoms. The maximum atomic E-state index is 6.39. The van der Waals surface area contributed by atoms with E-state index in [1.54, 1.807) is 12.4 Å². The van der Waals surface area contributed by atoms with E-state index in [2.05, 4.69) is 30.5 Å². The lowest BCUT2D eigenvalue weighted by Crippen LogP contribution is -2.43. The highest BCUT2D eigenvalue weighted by Crippen LogP contribution is 2.31. The van der Waals surface area contributed by atoms with Gasteiger partial charge in [-0.15, -0.1) is 0 Å². The van der Waals surface area contributed by atoms with Gasteiger partial charge in [0.15, 0.2) is 0 Å². The predicted octanol–water partition coefficient (Wildman–Crippen LogP) is 3.89. The minimum absolute atomic E-state index is 0.487. The third-order valence-electron chi connectivity index (χ3n) is 5.07. The molecule has 0 bridgehead atoms. The summed E-state index contributed by atoms with van der Waals surface area (Å²) in [7, 11) is 0. The van der Waals surface area contributed by atoms with E-state index in [-0.39, 0.29) is 0 Å². The SMILES string of the molecule is Clc1ccccc1-c1nccc2cnc(Nc3ccc(N4CCNCC4)nc3)nc12. The molecule has 0 aliphatic carbocycles. The fraction of sp³-hybridized carbons (Fsp3) is 0.182. The molecule has 0 unspecified atom stereocenters. The number of rotatable bonds is 4. The third-order valence-corrected chi connectivity index (χ3v) is 5.40. The molecule has 0 radical (unpaired) electrons. The van der Waals surface area contributed by atoms with Crippen LogP contribution in [0, 0.1) is 0 Å². The summed E-state index contributed by atoms with van der Waals surface area (Å²) in [5, 5.41) is 8.13. The first-order valence-electron chi connectivity index (χ1n) is 9.83. The number of anilines is 3. The summed E-state index contributed by atoms with van der Waals surface area (Å²) in [6, 6.07) is 13.5. The van der Waals surface area contributed by atoms with Crippen molar-refractivity contribution in [1.82, 2.24) is 25.3 Å². The average Bonchev–Trinajstić information content (AvgIpc) is 2.80. The van der Waals surface area contributed by atoms with Crippen LogP contribution in [-0.4, -0.2) is 46.1 Å². The first-order chi connectivity index (χ1) is 14.8. The molecule has 1 saturated heterocycles. The van der Waals surface area contributed by atoms with Crippen molar-refractivity contribution in [3.63, 3.8) is 0 Å². The first-order valence-corrected chi connectivity index (χ1v) is 10.2. The molecule has 8 heteroatoms. The summed E-state index contributed by atoms with van der Waals surface area (Å²) in [6.45, 7) is 3.89. The van der Waals surface area contributed by atoms with Gasteiger partial charge in [0.2, 0.25) is 5.95 Å². The second-order valence-electron chi connectivity index (χ2n) is 7.04. The van der Waals surface area contributed by atoms with Gasteiger partial charge in [0.05, 0.1) is 22.6 Å². The lowest BCUT2D eigenvalue weighted by atomic mass is 10.1. The van der Waals surface area contributed by atoms with Crippen LogP contribution in [-0.2, 0) is 0 Å². The van der Waals surface area contributed by atoms with Crippen molar-refractivity contribution in [3.05, 3.63) is 66.1 Å². The molecule has 4 aromatic rings. The van der Waals surface area contributed by atoms with Crippen LogP contribution in [0.2, 0.25) is 5.02 Å². The maximum absolute atomic E-state index is 6.39. The van der Waals surface area contributed by atoms with E-state index in [0.29, 0.717) is 11.0 Å². The Morgan fingerprint density at radius 2 is 1.80 bits per heavy atom. The van der Waals surface area contributed by atoms with Gasteiger partial charge < -0.3 is 15.5 Å². The van der Waals surface area contributed by atoms with Crippen molar-refractivity contribution in [2.75, 3.05) is 36.4 Å². The zero-order valence-electron chi connectivity index (χ0n) is 16.2. The molecule has 2 N–H and O–H groups in total. The molecule has 1 aliphatic rings. The number of fused-ring (bicyclic) bond motifs is 1. The Labute approximate surface area is 179 Å². The Balaban J connectivity index is 1.44. The number of hydrogen-bond donors (Lipinski definition) is 2. The lowest BCUT2D eigenvalue weighted by molar-refractivity contribution is 0.585. The van der Waals surface area contributed by atoms with Crippen LogP contribution in [0.3, 0.4) is 0 Å². The molecule has 0 atom stereocenters. The molecular weight excluding hydrogens is 398 g/mol. The minimum atomic E-state index is 0.487. The number of nitrogens with zero attached hydrogens (tertiary/aromatic N) is 5. The van der Waals surface area contributed by atoms with Gasteiger partial charge in [-0.3, -0.25) is 4.98 Å². The van der Waals surface area contributed by atoms with E-state index in [4.69, 9.17) is 16.6 Å². The molecule has 0 amide bonds. The van der Waals surface area contributed by atoms with Crippen molar-refractivity contribution >= 4 is 40.0 Å². The van der Waals surface area contributed by atoms with Crippen LogP contribution >= 0.6 is 11.6 Å². The predicted molar refractivity (Wildman–Crippen MR) is 120 cm³/mol. The van der Waals surface area contributed by atoms with E-state index in [0.717, 1.165) is 59.8 Å². The Morgan fingerprint density at radius 1 is 0.933 bits per heavy atom. The van der Waals surface area contributed by atoms with Gasteiger partial charge >= 0.3 is 0 Å². The standard InChI is InChI=1S/C22H20ClN7/c23-18-4-2-1-3-17(18)21-20-15(7-8-25-21)13-27-22(29-20)28-16-5-6-19(26-14-16)30-11-9-24-10-12-30/h1-8,13-14,24H,9-12H2,(H,27,28,29). The highest BCUT2D eigenvalue weighted by atomic mass is 35.5. The van der Waals surface area contributed by atoms with E-state index >= 15 is 0 Å². The van der Waals surface area contributed by atoms with Crippen molar-refractivity contribution in [1.29, 1.82) is 0 Å². The summed E-state index contributed by atoms with van der Waals surface area (Å²) < 4.78 is 0. The van der Waals surface area contributed by atoms with Gasteiger partial charge in [0, 0.05) is 49.5 Å². The van der Waals surface area contributed by atoms with Gasteiger partial charge in [0.1, 0.15) is 11.3 Å². The van der Waals surface area contributed by atoms with Crippen LogP contribution in [0.15, 0.2) is 61.1 Å². The summed E-state index contributed by atoms with van der Waals surface area (Å²) in [6.07, 6.45) is 5.34. The molecule has 0 saturated carbocycles. The molecule has 150 valence electrons. The topological polar surface area (TPSA) is 78.9 Å². The Bertz CT molecular complexity index is 1170. The number of hydrogen-bond acceptors (Lipinski definition) is 7. The van der Waals surface area contributed by atoms with Crippen LogP contribution < -0.4 is 15.5 Å². The van der Waals surface area contributed by atoms with Crippen molar-refractivity contribution in [2.24, 2.45) is 0 Å². The highest BCUT2D eigenvalue weighted by molar-refractivity contribution is 6.33. The number of halogens is 1. The zero-order chi connectivity index (χ0) is 20.3. The minimum Gasteiger partial charge on any atom is -0.354 e. The molecule has 1 aliphatic heterocycles. The molecule has 5 rings (SSSR count). The molecule has 1 fully saturated rings. The first kappa shape index (κ1) is 18.7. The van der Waals surface area contributed by atoms with E-state index in [1.807, 2.05) is 48.7 Å². The number of pyridine rings is 2. The van der Waals surface area contributed by atoms with E-state index in [1.165, 1.54) is 0 Å². The molecule has 4 heterocycles. The van der Waals surface area contributed by atoms with Crippen LogP contribution in [0.25, 0.3) is 22.2 Å². The Hall–Kier alpha value is -3.29. The van der Waals surface area contributed by atoms with Gasteiger partial charge in [-0.25, -0.2) is 15.0 Å². The highest BCUT2D eigenvalue weighted by Gasteiger charge is 2.13. The van der Waals surface area contributed by atoms with Gasteiger partial charge in [-0.05, 0) is 24.3 Å². The monoisotopic (exact) mass is 417 g/mol. The Morgan fingerprint density at radius 3 is 2.60 bits per heavy atom. The normalized spacial score (nSPS) is 14.1. The number of aromatic nitrogens is 4. The van der Waals surface area contributed by atoms with Gasteiger partial charge in [-0.1, -0.05) is 29.8 Å². The number of nitrogens with one attached hydrogen (secondary N) is 2. The smallest absolute Gasteiger partial charge is 0.227 e. The third kappa shape index (κ3) is 3.77. The number of benzene rings is 1. The largest absolute Gasteiger partial charge is 0.354 e. The van der Waals surface area contributed by atoms with Crippen LogP contribution in [0.5, 0.6) is 0 Å². The Kier molecular flexibility index (Phi) is 5.13. The summed E-state index contributed by atoms with van der Waals surface area (Å²) in [4.78, 5) is 20.5. The van der Waals surface area contributed by atoms with Crippen LogP contribution in [0.4, 0.5) is 17.5 Å². The lowest BCUT2D eigenvalue weighted by Gasteiger charge is -2.28. The molecule has 7 nitrogen and oxygen atoms in total. The van der Waals surface area contributed by atoms with Crippen molar-refractivity contribution in [3.8, 4) is 11.3 Å². The fourth-order valence-corrected chi connectivity index (χ4v) is 3.76. The molecule has 3 aromatic heterocycles. The molecule has 1 aromatic carbocycles. The fourth-order valence-electron chi connectivity index (χ4n) is 3.54. The quantitative estimate of drug-likeness (QED) is 0.521. The van der Waals surface area contributed by atoms with Crippen molar-refractivity contribution in [2.45, 2.75) is 0 Å². The van der Waals surface area contributed by atoms with Crippen molar-refractivity contribution < 1.29 is 0 Å². The molecule has 30 heavy (non-hydrogen) atoms. The average molecular weight is 418 g/mol. The second-order valence-corrected chi connectivity index (χ2v) is 7.45. The zero-order valence-corrected chi connectivity index (χ0v) is 17.0. The van der Waals surface area contributed by atoms with E-state index < -0.39 is 0 Å². The second kappa shape index (κ2) is 8.22. The maximum Gasteiger partial charge on any atom is 0.227 e. The van der Waals surface area contributed by atoms with Gasteiger partial charge in [0.25, 0.3) is 0 Å². The van der Waals surface area contributed by atoms with Gasteiger partial charge in [-0.2, -0.15) is 0 Å². The summed E-state index contributed by atoms with van der Waals surface area (Å²) in [5.74, 6) is 1.47. The molecular formula is C22H20ClN7. The summed E-state index contributed by atoms with van der Waals surface area (Å²) in [5.41, 5.74) is 3.15.